The molecule has 0 amide bonds. The van der Waals surface area contributed by atoms with Gasteiger partial charge in [0.2, 0.25) is 0 Å². The Labute approximate surface area is 163 Å². The number of nitrogens with zero attached hydrogens (tertiary/aromatic N) is 2. The molecule has 1 N–H and O–H groups in total. The second kappa shape index (κ2) is 8.13. The van der Waals surface area contributed by atoms with Crippen LogP contribution in [0.5, 0.6) is 5.75 Å². The highest BCUT2D eigenvalue weighted by Gasteiger charge is 2.21. The molecule has 0 saturated heterocycles. The van der Waals surface area contributed by atoms with Gasteiger partial charge in [-0.25, -0.2) is 4.98 Å². The Balaban J connectivity index is 1.35. The predicted octanol–water partition coefficient (Wildman–Crippen LogP) is 3.90. The second-order valence-electron chi connectivity index (χ2n) is 6.61. The summed E-state index contributed by atoms with van der Waals surface area (Å²) in [5.41, 5.74) is 3.25. The summed E-state index contributed by atoms with van der Waals surface area (Å²) < 4.78 is 13.4. The molecule has 3 aromatic rings. The van der Waals surface area contributed by atoms with E-state index in [0.717, 1.165) is 47.5 Å². The van der Waals surface area contributed by atoms with Gasteiger partial charge in [0, 0.05) is 29.9 Å². The fourth-order valence-corrected chi connectivity index (χ4v) is 3.32. The average Bonchev–Trinajstić information content (AvgIpc) is 3.13. The fraction of sp³-hybridized carbons (Fsp3) is 0.286. The van der Waals surface area contributed by atoms with E-state index in [9.17, 15) is 0 Å². The van der Waals surface area contributed by atoms with E-state index in [1.165, 1.54) is 5.56 Å². The number of benzene rings is 2. The van der Waals surface area contributed by atoms with Crippen LogP contribution in [-0.4, -0.2) is 29.3 Å². The molecule has 0 fully saturated rings. The van der Waals surface area contributed by atoms with Crippen molar-refractivity contribution < 1.29 is 9.47 Å². The lowest BCUT2D eigenvalue weighted by Gasteiger charge is -2.24. The maximum absolute atomic E-state index is 5.96. The Hall–Kier alpha value is -2.34. The molecule has 0 radical (unpaired) electrons. The van der Waals surface area contributed by atoms with Gasteiger partial charge in [0.25, 0.3) is 0 Å². The molecule has 4 rings (SSSR count). The average molecular weight is 384 g/mol. The van der Waals surface area contributed by atoms with Crippen LogP contribution in [0, 0.1) is 0 Å². The molecular formula is C21H22ClN3O2. The molecule has 2 aromatic carbocycles. The third-order valence-corrected chi connectivity index (χ3v) is 4.96. The van der Waals surface area contributed by atoms with E-state index in [1.807, 2.05) is 48.5 Å². The van der Waals surface area contributed by atoms with E-state index >= 15 is 0 Å². The largest absolute Gasteiger partial charge is 0.497 e. The number of rotatable bonds is 6. The van der Waals surface area contributed by atoms with Gasteiger partial charge in [-0.05, 0) is 42.0 Å². The number of halogens is 1. The molecule has 2 heterocycles. The van der Waals surface area contributed by atoms with Gasteiger partial charge in [0.1, 0.15) is 18.2 Å². The molecule has 0 spiro atoms. The highest BCUT2D eigenvalue weighted by atomic mass is 35.5. The van der Waals surface area contributed by atoms with Crippen molar-refractivity contribution in [3.63, 3.8) is 0 Å². The molecule has 6 heteroatoms. The van der Waals surface area contributed by atoms with Crippen LogP contribution in [0.25, 0.3) is 11.3 Å². The number of hydrogen-bond acceptors (Lipinski definition) is 4. The van der Waals surface area contributed by atoms with Gasteiger partial charge in [-0.1, -0.05) is 23.7 Å². The second-order valence-corrected chi connectivity index (χ2v) is 7.05. The van der Waals surface area contributed by atoms with Crippen molar-refractivity contribution in [3.8, 4) is 17.0 Å². The van der Waals surface area contributed by atoms with Crippen molar-refractivity contribution >= 4 is 11.6 Å². The summed E-state index contributed by atoms with van der Waals surface area (Å²) in [5.74, 6) is 1.81. The monoisotopic (exact) mass is 383 g/mol. The summed E-state index contributed by atoms with van der Waals surface area (Å²) in [6.45, 7) is 2.92. The number of hydrogen-bond donors (Lipinski definition) is 1. The number of ether oxygens (including phenoxy) is 2. The molecule has 1 atom stereocenters. The van der Waals surface area contributed by atoms with Crippen LogP contribution in [0.2, 0.25) is 5.02 Å². The number of imidazole rings is 1. The van der Waals surface area contributed by atoms with E-state index in [0.29, 0.717) is 6.61 Å². The van der Waals surface area contributed by atoms with Crippen molar-refractivity contribution in [2.45, 2.75) is 25.8 Å². The van der Waals surface area contributed by atoms with Crippen LogP contribution < -0.4 is 10.1 Å². The lowest BCUT2D eigenvalue weighted by Crippen LogP contribution is -2.35. The molecule has 5 nitrogen and oxygen atoms in total. The third kappa shape index (κ3) is 4.33. The maximum Gasteiger partial charge on any atom is 0.135 e. The molecule has 27 heavy (non-hydrogen) atoms. The third-order valence-electron chi connectivity index (χ3n) is 4.71. The van der Waals surface area contributed by atoms with Crippen molar-refractivity contribution in [2.24, 2.45) is 0 Å². The van der Waals surface area contributed by atoms with Crippen LogP contribution in [-0.2, 0) is 24.4 Å². The summed E-state index contributed by atoms with van der Waals surface area (Å²) in [6.07, 6.45) is 2.23. The Bertz CT molecular complexity index is 891. The lowest BCUT2D eigenvalue weighted by molar-refractivity contribution is 0.00278. The van der Waals surface area contributed by atoms with Crippen LogP contribution in [0.1, 0.15) is 11.4 Å². The molecule has 1 aliphatic rings. The SMILES string of the molecule is COc1ccc(-c2cn3c(n2)CO[C@@H](CNCc2ccc(Cl)cc2)C3)cc1. The van der Waals surface area contributed by atoms with Gasteiger partial charge in [-0.15, -0.1) is 0 Å². The van der Waals surface area contributed by atoms with Gasteiger partial charge in [-0.3, -0.25) is 0 Å². The molecule has 140 valence electrons. The van der Waals surface area contributed by atoms with Gasteiger partial charge in [0.15, 0.2) is 0 Å². The van der Waals surface area contributed by atoms with Crippen LogP contribution >= 0.6 is 11.6 Å². The number of fused-ring (bicyclic) bond motifs is 1. The topological polar surface area (TPSA) is 48.3 Å². The highest BCUT2D eigenvalue weighted by molar-refractivity contribution is 6.30. The number of aromatic nitrogens is 2. The molecule has 1 aliphatic heterocycles. The highest BCUT2D eigenvalue weighted by Crippen LogP contribution is 2.24. The maximum atomic E-state index is 5.96. The van der Waals surface area contributed by atoms with E-state index < -0.39 is 0 Å². The van der Waals surface area contributed by atoms with Gasteiger partial charge < -0.3 is 19.4 Å². The first kappa shape index (κ1) is 18.0. The molecule has 1 aromatic heterocycles. The van der Waals surface area contributed by atoms with E-state index in [4.69, 9.17) is 26.1 Å². The Kier molecular flexibility index (Phi) is 5.43. The van der Waals surface area contributed by atoms with Gasteiger partial charge in [-0.2, -0.15) is 0 Å². The molecule has 0 unspecified atom stereocenters. The summed E-state index contributed by atoms with van der Waals surface area (Å²) >= 11 is 5.92. The quantitative estimate of drug-likeness (QED) is 0.701. The Morgan fingerprint density at radius 3 is 2.70 bits per heavy atom. The van der Waals surface area contributed by atoms with Crippen LogP contribution in [0.4, 0.5) is 0 Å². The predicted molar refractivity (Wildman–Crippen MR) is 106 cm³/mol. The molecule has 0 aliphatic carbocycles. The van der Waals surface area contributed by atoms with Crippen LogP contribution in [0.3, 0.4) is 0 Å². The lowest BCUT2D eigenvalue weighted by atomic mass is 10.1. The number of nitrogens with one attached hydrogen (secondary N) is 1. The first-order valence-electron chi connectivity index (χ1n) is 8.98. The smallest absolute Gasteiger partial charge is 0.135 e. The Morgan fingerprint density at radius 2 is 1.96 bits per heavy atom. The Morgan fingerprint density at radius 1 is 1.19 bits per heavy atom. The van der Waals surface area contributed by atoms with Gasteiger partial charge in [0.05, 0.1) is 25.5 Å². The van der Waals surface area contributed by atoms with Gasteiger partial charge >= 0.3 is 0 Å². The molecule has 0 saturated carbocycles. The van der Waals surface area contributed by atoms with E-state index in [-0.39, 0.29) is 6.10 Å². The minimum Gasteiger partial charge on any atom is -0.497 e. The van der Waals surface area contributed by atoms with Crippen LogP contribution in [0.15, 0.2) is 54.7 Å². The molecule has 0 bridgehead atoms. The zero-order chi connectivity index (χ0) is 18.6. The fourth-order valence-electron chi connectivity index (χ4n) is 3.20. The van der Waals surface area contributed by atoms with Crippen molar-refractivity contribution in [2.75, 3.05) is 13.7 Å². The minimum atomic E-state index is 0.128. The minimum absolute atomic E-state index is 0.128. The summed E-state index contributed by atoms with van der Waals surface area (Å²) in [5, 5.41) is 4.22. The summed E-state index contributed by atoms with van der Waals surface area (Å²) in [6, 6.07) is 15.8. The van der Waals surface area contributed by atoms with E-state index in [2.05, 4.69) is 16.1 Å². The normalized spacial score (nSPS) is 16.1. The number of methoxy groups -OCH3 is 1. The van der Waals surface area contributed by atoms with E-state index in [1.54, 1.807) is 7.11 Å². The standard InChI is InChI=1S/C21H22ClN3O2/c1-26-18-8-4-16(5-9-18)20-13-25-12-19(27-14-21(25)24-20)11-23-10-15-2-6-17(22)7-3-15/h2-9,13,19,23H,10-12,14H2,1H3/t19-/m0/s1. The summed E-state index contributed by atoms with van der Waals surface area (Å²) in [7, 11) is 1.67. The zero-order valence-electron chi connectivity index (χ0n) is 15.2. The first-order valence-corrected chi connectivity index (χ1v) is 9.36. The van der Waals surface area contributed by atoms with Crippen molar-refractivity contribution in [1.82, 2.24) is 14.9 Å². The van der Waals surface area contributed by atoms with Crippen molar-refractivity contribution in [1.29, 1.82) is 0 Å². The first-order chi connectivity index (χ1) is 13.2. The molecular weight excluding hydrogens is 362 g/mol. The van der Waals surface area contributed by atoms with Crippen molar-refractivity contribution in [3.05, 3.63) is 71.1 Å². The zero-order valence-corrected chi connectivity index (χ0v) is 15.9. The summed E-state index contributed by atoms with van der Waals surface area (Å²) in [4.78, 5) is 4.71.